The van der Waals surface area contributed by atoms with E-state index in [9.17, 15) is 4.79 Å². The van der Waals surface area contributed by atoms with E-state index in [2.05, 4.69) is 28.1 Å². The van der Waals surface area contributed by atoms with Gasteiger partial charge in [0.1, 0.15) is 11.6 Å². The highest BCUT2D eigenvalue weighted by Gasteiger charge is 2.10. The number of para-hydroxylation sites is 2. The standard InChI is InChI=1S/C26H32ClN3O2/c1-2-10-26(31)28-18-7-3-4-13-25-29-23-11-5-6-12-24(23)30(25)19-8-9-20-32-22-16-14-21(27)15-17-22/h2,5-6,10-12,14-17H,3-4,7-9,13,18-20H2,1H3,(H,28,31)/b10-2+. The van der Waals surface area contributed by atoms with E-state index in [1.807, 2.05) is 37.3 Å². The first-order valence-electron chi connectivity index (χ1n) is 11.4. The summed E-state index contributed by atoms with van der Waals surface area (Å²) >= 11 is 5.92. The molecule has 1 N–H and O–H groups in total. The lowest BCUT2D eigenvalue weighted by atomic mass is 10.2. The van der Waals surface area contributed by atoms with Gasteiger partial charge in [0.15, 0.2) is 0 Å². The van der Waals surface area contributed by atoms with E-state index in [0.717, 1.165) is 67.2 Å². The van der Waals surface area contributed by atoms with Gasteiger partial charge in [-0.2, -0.15) is 0 Å². The first-order chi connectivity index (χ1) is 15.7. The van der Waals surface area contributed by atoms with Crippen molar-refractivity contribution in [2.24, 2.45) is 0 Å². The Bertz CT molecular complexity index is 1010. The van der Waals surface area contributed by atoms with Crippen molar-refractivity contribution in [1.29, 1.82) is 0 Å². The van der Waals surface area contributed by atoms with Gasteiger partial charge in [-0.1, -0.05) is 36.2 Å². The number of halogens is 1. The van der Waals surface area contributed by atoms with E-state index in [1.54, 1.807) is 12.2 Å². The van der Waals surface area contributed by atoms with Gasteiger partial charge in [0.05, 0.1) is 17.6 Å². The Hall–Kier alpha value is -2.79. The summed E-state index contributed by atoms with van der Waals surface area (Å²) < 4.78 is 8.17. The number of carbonyl (C=O) groups excluding carboxylic acids is 1. The highest BCUT2D eigenvalue weighted by Crippen LogP contribution is 2.19. The van der Waals surface area contributed by atoms with Crippen LogP contribution >= 0.6 is 11.6 Å². The number of aromatic nitrogens is 2. The number of allylic oxidation sites excluding steroid dienone is 1. The minimum Gasteiger partial charge on any atom is -0.494 e. The second-order valence-electron chi connectivity index (χ2n) is 7.78. The van der Waals surface area contributed by atoms with Gasteiger partial charge in [0, 0.05) is 24.5 Å². The first kappa shape index (κ1) is 23.9. The lowest BCUT2D eigenvalue weighted by Crippen LogP contribution is -2.21. The Labute approximate surface area is 195 Å². The minimum atomic E-state index is -0.0191. The van der Waals surface area contributed by atoms with Crippen LogP contribution in [0.25, 0.3) is 11.0 Å². The zero-order chi connectivity index (χ0) is 22.6. The third-order valence-corrected chi connectivity index (χ3v) is 5.54. The fourth-order valence-corrected chi connectivity index (χ4v) is 3.79. The predicted molar refractivity (Wildman–Crippen MR) is 131 cm³/mol. The number of fused-ring (bicyclic) bond motifs is 1. The molecule has 0 unspecified atom stereocenters. The molecule has 0 fully saturated rings. The summed E-state index contributed by atoms with van der Waals surface area (Å²) in [5.41, 5.74) is 2.25. The van der Waals surface area contributed by atoms with Crippen molar-refractivity contribution >= 4 is 28.5 Å². The van der Waals surface area contributed by atoms with Crippen LogP contribution < -0.4 is 10.1 Å². The topological polar surface area (TPSA) is 56.2 Å². The zero-order valence-corrected chi connectivity index (χ0v) is 19.5. The summed E-state index contributed by atoms with van der Waals surface area (Å²) in [7, 11) is 0. The lowest BCUT2D eigenvalue weighted by Gasteiger charge is -2.10. The molecule has 2 aromatic carbocycles. The Balaban J connectivity index is 1.46. The molecule has 0 aliphatic carbocycles. The number of carbonyl (C=O) groups is 1. The van der Waals surface area contributed by atoms with Crippen LogP contribution in [0.1, 0.15) is 44.9 Å². The zero-order valence-electron chi connectivity index (χ0n) is 18.7. The van der Waals surface area contributed by atoms with Gasteiger partial charge < -0.3 is 14.6 Å². The van der Waals surface area contributed by atoms with Gasteiger partial charge in [-0.15, -0.1) is 0 Å². The summed E-state index contributed by atoms with van der Waals surface area (Å²) in [6.45, 7) is 4.17. The number of aryl methyl sites for hydroxylation is 2. The van der Waals surface area contributed by atoms with Crippen LogP contribution in [-0.2, 0) is 17.8 Å². The smallest absolute Gasteiger partial charge is 0.243 e. The lowest BCUT2D eigenvalue weighted by molar-refractivity contribution is -0.116. The van der Waals surface area contributed by atoms with Crippen molar-refractivity contribution in [3.05, 3.63) is 71.5 Å². The van der Waals surface area contributed by atoms with Crippen LogP contribution in [0.5, 0.6) is 5.75 Å². The van der Waals surface area contributed by atoms with Crippen LogP contribution in [0.15, 0.2) is 60.7 Å². The number of benzene rings is 2. The molecule has 6 heteroatoms. The Morgan fingerprint density at radius 2 is 1.88 bits per heavy atom. The largest absolute Gasteiger partial charge is 0.494 e. The van der Waals surface area contributed by atoms with Gasteiger partial charge in [-0.05, 0) is 75.1 Å². The van der Waals surface area contributed by atoms with Crippen molar-refractivity contribution in [2.45, 2.75) is 52.0 Å². The molecule has 0 aliphatic heterocycles. The number of unbranched alkanes of at least 4 members (excludes halogenated alkanes) is 3. The number of amides is 1. The second-order valence-corrected chi connectivity index (χ2v) is 8.22. The molecular formula is C26H32ClN3O2. The van der Waals surface area contributed by atoms with E-state index >= 15 is 0 Å². The van der Waals surface area contributed by atoms with Crippen molar-refractivity contribution in [1.82, 2.24) is 14.9 Å². The average molecular weight is 454 g/mol. The molecule has 170 valence electrons. The molecule has 0 bridgehead atoms. The highest BCUT2D eigenvalue weighted by atomic mass is 35.5. The van der Waals surface area contributed by atoms with Crippen molar-refractivity contribution < 1.29 is 9.53 Å². The predicted octanol–water partition coefficient (Wildman–Crippen LogP) is 5.95. The fourth-order valence-electron chi connectivity index (χ4n) is 3.67. The minimum absolute atomic E-state index is 0.0191. The normalized spacial score (nSPS) is 11.3. The number of hydrogen-bond donors (Lipinski definition) is 1. The molecule has 1 aromatic heterocycles. The molecule has 5 nitrogen and oxygen atoms in total. The van der Waals surface area contributed by atoms with Crippen LogP contribution in [0.3, 0.4) is 0 Å². The third kappa shape index (κ3) is 7.41. The molecule has 0 spiro atoms. The monoisotopic (exact) mass is 453 g/mol. The molecular weight excluding hydrogens is 422 g/mol. The number of nitrogens with one attached hydrogen (secondary N) is 1. The Kier molecular flexibility index (Phi) is 9.63. The van der Waals surface area contributed by atoms with Gasteiger partial charge in [0.25, 0.3) is 0 Å². The molecule has 1 amide bonds. The van der Waals surface area contributed by atoms with Gasteiger partial charge >= 0.3 is 0 Å². The van der Waals surface area contributed by atoms with E-state index in [-0.39, 0.29) is 5.91 Å². The summed E-state index contributed by atoms with van der Waals surface area (Å²) in [4.78, 5) is 16.3. The Morgan fingerprint density at radius 3 is 2.69 bits per heavy atom. The van der Waals surface area contributed by atoms with Crippen molar-refractivity contribution in [3.63, 3.8) is 0 Å². The maximum atomic E-state index is 11.5. The fraction of sp³-hybridized carbons (Fsp3) is 0.385. The molecule has 0 saturated heterocycles. The van der Waals surface area contributed by atoms with Gasteiger partial charge in [-0.25, -0.2) is 4.98 Å². The third-order valence-electron chi connectivity index (χ3n) is 5.29. The van der Waals surface area contributed by atoms with Crippen molar-refractivity contribution in [2.75, 3.05) is 13.2 Å². The number of hydrogen-bond acceptors (Lipinski definition) is 3. The highest BCUT2D eigenvalue weighted by molar-refractivity contribution is 6.30. The first-order valence-corrected chi connectivity index (χ1v) is 11.8. The molecule has 0 aliphatic rings. The average Bonchev–Trinajstić information content (AvgIpc) is 3.15. The molecule has 0 atom stereocenters. The van der Waals surface area contributed by atoms with Crippen molar-refractivity contribution in [3.8, 4) is 5.75 Å². The molecule has 1 heterocycles. The number of ether oxygens (including phenoxy) is 1. The van der Waals surface area contributed by atoms with Crippen LogP contribution in [0.2, 0.25) is 5.02 Å². The Morgan fingerprint density at radius 1 is 1.06 bits per heavy atom. The SMILES string of the molecule is C/C=C/C(=O)NCCCCCc1nc2ccccc2n1CCCCOc1ccc(Cl)cc1. The summed E-state index contributed by atoms with van der Waals surface area (Å²) in [6, 6.07) is 15.8. The van der Waals surface area contributed by atoms with Crippen LogP contribution in [0, 0.1) is 0 Å². The second kappa shape index (κ2) is 12.9. The molecule has 32 heavy (non-hydrogen) atoms. The number of rotatable bonds is 13. The quantitative estimate of drug-likeness (QED) is 0.257. The van der Waals surface area contributed by atoms with E-state index < -0.39 is 0 Å². The van der Waals surface area contributed by atoms with E-state index in [4.69, 9.17) is 21.3 Å². The number of imidazole rings is 1. The van der Waals surface area contributed by atoms with Gasteiger partial charge in [-0.3, -0.25) is 4.79 Å². The van der Waals surface area contributed by atoms with Crippen LogP contribution in [-0.4, -0.2) is 28.6 Å². The molecule has 0 radical (unpaired) electrons. The van der Waals surface area contributed by atoms with E-state index in [0.29, 0.717) is 13.2 Å². The molecule has 0 saturated carbocycles. The molecule has 3 rings (SSSR count). The number of nitrogens with zero attached hydrogens (tertiary/aromatic N) is 2. The van der Waals surface area contributed by atoms with Crippen LogP contribution in [0.4, 0.5) is 0 Å². The summed E-state index contributed by atoms with van der Waals surface area (Å²) in [5.74, 6) is 1.97. The maximum absolute atomic E-state index is 11.5. The van der Waals surface area contributed by atoms with E-state index in [1.165, 1.54) is 5.52 Å². The van der Waals surface area contributed by atoms with Gasteiger partial charge in [0.2, 0.25) is 5.91 Å². The summed E-state index contributed by atoms with van der Waals surface area (Å²) in [6.07, 6.45) is 9.35. The molecule has 3 aromatic rings. The summed E-state index contributed by atoms with van der Waals surface area (Å²) in [5, 5.41) is 3.62. The maximum Gasteiger partial charge on any atom is 0.243 e.